The summed E-state index contributed by atoms with van der Waals surface area (Å²) in [6.45, 7) is 0. The molecular formula is C16H13ClFN3O. The molecule has 3 aliphatic carbocycles. The van der Waals surface area contributed by atoms with Crippen molar-refractivity contribution in [1.82, 2.24) is 9.88 Å². The summed E-state index contributed by atoms with van der Waals surface area (Å²) in [6, 6.07) is 7.12. The van der Waals surface area contributed by atoms with Crippen LogP contribution in [-0.2, 0) is 0 Å². The minimum atomic E-state index is -1.04. The number of carbonyl (C=O) groups is 1. The number of hydrogen-bond donors (Lipinski definition) is 1. The number of aromatic nitrogens is 1. The van der Waals surface area contributed by atoms with Gasteiger partial charge in [-0.3, -0.25) is 4.79 Å². The van der Waals surface area contributed by atoms with E-state index in [9.17, 15) is 9.18 Å². The first kappa shape index (κ1) is 13.6. The molecule has 3 fully saturated rings. The molecular weight excluding hydrogens is 305 g/mol. The Hall–Kier alpha value is -2.06. The third kappa shape index (κ3) is 1.59. The van der Waals surface area contributed by atoms with Crippen LogP contribution in [-0.4, -0.2) is 34.0 Å². The summed E-state index contributed by atoms with van der Waals surface area (Å²) in [5, 5.41) is 10.1. The molecule has 1 heterocycles. The van der Waals surface area contributed by atoms with E-state index in [1.807, 2.05) is 6.07 Å². The molecule has 0 spiro atoms. The van der Waals surface area contributed by atoms with Crippen molar-refractivity contribution >= 4 is 28.4 Å². The highest BCUT2D eigenvalue weighted by Crippen LogP contribution is 2.65. The van der Waals surface area contributed by atoms with E-state index < -0.39 is 5.67 Å². The Balaban J connectivity index is 1.68. The quantitative estimate of drug-likeness (QED) is 0.922. The zero-order valence-corrected chi connectivity index (χ0v) is 12.7. The van der Waals surface area contributed by atoms with Gasteiger partial charge in [0.1, 0.15) is 17.4 Å². The number of aromatic amines is 1. The second-order valence-electron chi connectivity index (χ2n) is 6.46. The number of halogens is 2. The van der Waals surface area contributed by atoms with Crippen LogP contribution in [0.4, 0.5) is 4.39 Å². The van der Waals surface area contributed by atoms with Crippen molar-refractivity contribution in [1.29, 1.82) is 5.26 Å². The molecule has 2 bridgehead atoms. The average Bonchev–Trinajstić information content (AvgIpc) is 2.87. The number of alkyl halides is 1. The van der Waals surface area contributed by atoms with Gasteiger partial charge in [-0.1, -0.05) is 17.7 Å². The number of carbonyl (C=O) groups excluding carboxylic acids is 1. The molecule has 2 aromatic rings. The second kappa shape index (κ2) is 4.02. The molecule has 1 amide bonds. The van der Waals surface area contributed by atoms with E-state index in [0.717, 1.165) is 5.39 Å². The Morgan fingerprint density at radius 2 is 2.14 bits per heavy atom. The maximum atomic E-state index is 13.7. The molecule has 0 atom stereocenters. The zero-order chi connectivity index (χ0) is 15.7. The largest absolute Gasteiger partial charge is 0.349 e. The molecule has 0 saturated heterocycles. The van der Waals surface area contributed by atoms with E-state index in [2.05, 4.69) is 4.98 Å². The predicted molar refractivity (Wildman–Crippen MR) is 80.5 cm³/mol. The molecule has 5 rings (SSSR count). The molecule has 6 heteroatoms. The van der Waals surface area contributed by atoms with Crippen molar-refractivity contribution in [2.24, 2.45) is 0 Å². The Labute approximate surface area is 131 Å². The van der Waals surface area contributed by atoms with E-state index in [0.29, 0.717) is 41.1 Å². The third-order valence-electron chi connectivity index (χ3n) is 5.04. The average molecular weight is 318 g/mol. The fourth-order valence-corrected chi connectivity index (χ4v) is 3.99. The Bertz CT molecular complexity index is 846. The number of benzene rings is 1. The summed E-state index contributed by atoms with van der Waals surface area (Å²) in [7, 11) is 1.72. The maximum absolute atomic E-state index is 13.7. The second-order valence-corrected chi connectivity index (χ2v) is 6.83. The van der Waals surface area contributed by atoms with Gasteiger partial charge in [0.15, 0.2) is 0 Å². The summed E-state index contributed by atoms with van der Waals surface area (Å²) in [4.78, 5) is 17.2. The molecule has 1 aromatic carbocycles. The Morgan fingerprint density at radius 3 is 2.73 bits per heavy atom. The Kier molecular flexibility index (Phi) is 2.48. The van der Waals surface area contributed by atoms with Crippen LogP contribution in [0.3, 0.4) is 0 Å². The minimum Gasteiger partial charge on any atom is -0.349 e. The summed E-state index contributed by atoms with van der Waals surface area (Å²) >= 11 is 6.17. The molecule has 0 unspecified atom stereocenters. The van der Waals surface area contributed by atoms with E-state index in [1.165, 1.54) is 0 Å². The fraction of sp³-hybridized carbons (Fsp3) is 0.375. The van der Waals surface area contributed by atoms with Crippen LogP contribution in [0.15, 0.2) is 18.2 Å². The van der Waals surface area contributed by atoms with Crippen LogP contribution in [0, 0.1) is 11.3 Å². The maximum Gasteiger partial charge on any atom is 0.270 e. The number of H-pyrrole nitrogens is 1. The first-order valence-electron chi connectivity index (χ1n) is 7.06. The Morgan fingerprint density at radius 1 is 1.45 bits per heavy atom. The highest BCUT2D eigenvalue weighted by Gasteiger charge is 2.71. The number of nitrogens with zero attached hydrogens (tertiary/aromatic N) is 2. The third-order valence-corrected chi connectivity index (χ3v) is 5.43. The molecule has 0 radical (unpaired) electrons. The van der Waals surface area contributed by atoms with Crippen LogP contribution in [0.1, 0.15) is 35.3 Å². The first-order valence-corrected chi connectivity index (χ1v) is 7.44. The van der Waals surface area contributed by atoms with Crippen molar-refractivity contribution in [3.8, 4) is 6.07 Å². The highest BCUT2D eigenvalue weighted by molar-refractivity contribution is 6.36. The number of rotatable bonds is 2. The van der Waals surface area contributed by atoms with E-state index in [-0.39, 0.29) is 11.4 Å². The minimum absolute atomic E-state index is 0.174. The van der Waals surface area contributed by atoms with Gasteiger partial charge in [-0.25, -0.2) is 4.39 Å². The molecule has 3 aliphatic rings. The molecule has 3 saturated carbocycles. The van der Waals surface area contributed by atoms with Gasteiger partial charge in [0.25, 0.3) is 5.91 Å². The summed E-state index contributed by atoms with van der Waals surface area (Å²) in [5.74, 6) is -0.174. The lowest BCUT2D eigenvalue weighted by Gasteiger charge is -2.68. The number of hydrogen-bond acceptors (Lipinski definition) is 2. The topological polar surface area (TPSA) is 59.9 Å². The van der Waals surface area contributed by atoms with Gasteiger partial charge in [0.05, 0.1) is 21.6 Å². The number of amides is 1. The number of fused-ring (bicyclic) bond motifs is 1. The zero-order valence-electron chi connectivity index (χ0n) is 11.9. The number of nitriles is 1. The molecule has 4 nitrogen and oxygen atoms in total. The van der Waals surface area contributed by atoms with E-state index in [1.54, 1.807) is 30.1 Å². The summed E-state index contributed by atoms with van der Waals surface area (Å²) in [5.41, 5.74) is -0.00335. The fourth-order valence-electron chi connectivity index (χ4n) is 3.73. The van der Waals surface area contributed by atoms with Gasteiger partial charge in [-0.2, -0.15) is 5.26 Å². The van der Waals surface area contributed by atoms with Gasteiger partial charge >= 0.3 is 0 Å². The molecule has 22 heavy (non-hydrogen) atoms. The SMILES string of the molecule is CN(C(=O)c1cc2ccc(C#N)c(Cl)c2[nH]1)C12CC(F)(C1)C2. The monoisotopic (exact) mass is 317 g/mol. The van der Waals surface area contributed by atoms with Crippen LogP contribution in [0.5, 0.6) is 0 Å². The van der Waals surface area contributed by atoms with Gasteiger partial charge < -0.3 is 9.88 Å². The van der Waals surface area contributed by atoms with Crippen LogP contribution < -0.4 is 0 Å². The van der Waals surface area contributed by atoms with Crippen molar-refractivity contribution in [3.63, 3.8) is 0 Å². The number of nitrogens with one attached hydrogen (secondary N) is 1. The van der Waals surface area contributed by atoms with Gasteiger partial charge in [-0.05, 0) is 12.1 Å². The van der Waals surface area contributed by atoms with Gasteiger partial charge in [0.2, 0.25) is 0 Å². The lowest BCUT2D eigenvalue weighted by atomic mass is 9.47. The van der Waals surface area contributed by atoms with Crippen LogP contribution in [0.2, 0.25) is 5.02 Å². The highest BCUT2D eigenvalue weighted by atomic mass is 35.5. The standard InChI is InChI=1S/C16H13ClFN3O/c1-21(16-6-15(18,7-16)8-16)14(22)11-4-9-2-3-10(5-19)12(17)13(9)20-11/h2-4,20H,6-8H2,1H3. The van der Waals surface area contributed by atoms with Crippen molar-refractivity contribution in [3.05, 3.63) is 34.5 Å². The van der Waals surface area contributed by atoms with Crippen molar-refractivity contribution in [2.45, 2.75) is 30.5 Å². The van der Waals surface area contributed by atoms with Crippen LogP contribution in [0.25, 0.3) is 10.9 Å². The van der Waals surface area contributed by atoms with Gasteiger partial charge in [0, 0.05) is 31.7 Å². The molecule has 112 valence electrons. The smallest absolute Gasteiger partial charge is 0.270 e. The molecule has 1 N–H and O–H groups in total. The van der Waals surface area contributed by atoms with Crippen molar-refractivity contribution in [2.75, 3.05) is 7.05 Å². The predicted octanol–water partition coefficient (Wildman–Crippen LogP) is 3.41. The van der Waals surface area contributed by atoms with E-state index in [4.69, 9.17) is 16.9 Å². The van der Waals surface area contributed by atoms with Crippen molar-refractivity contribution < 1.29 is 9.18 Å². The first-order chi connectivity index (χ1) is 10.4. The summed E-state index contributed by atoms with van der Waals surface area (Å²) in [6.07, 6.45) is 1.30. The summed E-state index contributed by atoms with van der Waals surface area (Å²) < 4.78 is 13.7. The normalized spacial score (nSPS) is 28.6. The van der Waals surface area contributed by atoms with Crippen LogP contribution >= 0.6 is 11.6 Å². The van der Waals surface area contributed by atoms with E-state index >= 15 is 0 Å². The molecule has 0 aliphatic heterocycles. The lowest BCUT2D eigenvalue weighted by Crippen LogP contribution is -2.76. The molecule has 1 aromatic heterocycles. The van der Waals surface area contributed by atoms with Gasteiger partial charge in [-0.15, -0.1) is 0 Å². The lowest BCUT2D eigenvalue weighted by molar-refractivity contribution is -0.207.